The zero-order valence-corrected chi connectivity index (χ0v) is 6.06. The van der Waals surface area contributed by atoms with E-state index in [-0.39, 0.29) is 6.42 Å². The molecule has 0 fully saturated rings. The Morgan fingerprint density at radius 1 is 1.33 bits per heavy atom. The van der Waals surface area contributed by atoms with E-state index in [9.17, 15) is 4.79 Å². The predicted octanol–water partition coefficient (Wildman–Crippen LogP) is 1.82. The molecule has 0 amide bonds. The van der Waals surface area contributed by atoms with Crippen LogP contribution in [0, 0.1) is 0 Å². The molecule has 0 radical (unpaired) electrons. The number of carboxylic acid groups (broad SMARTS) is 1. The number of carbonyl (C=O) groups is 1. The first-order chi connectivity index (χ1) is 4.04. The van der Waals surface area contributed by atoms with E-state index in [1.807, 2.05) is 20.8 Å². The summed E-state index contributed by atoms with van der Waals surface area (Å²) in [5, 5.41) is 8.30. The van der Waals surface area contributed by atoms with Crippen LogP contribution < -0.4 is 0 Å². The van der Waals surface area contributed by atoms with Crippen LogP contribution in [0.3, 0.4) is 0 Å². The molecule has 0 aliphatic carbocycles. The first-order valence-corrected chi connectivity index (χ1v) is 2.88. The molecule has 2 heteroatoms. The molecule has 9 heavy (non-hydrogen) atoms. The molecule has 0 aliphatic heterocycles. The second-order valence-corrected chi connectivity index (χ2v) is 2.35. The zero-order chi connectivity index (χ0) is 7.44. The molecule has 0 aromatic rings. The summed E-state index contributed by atoms with van der Waals surface area (Å²) in [7, 11) is 0. The number of carboxylic acids is 1. The highest BCUT2D eigenvalue weighted by Crippen LogP contribution is 2.05. The van der Waals surface area contributed by atoms with Crippen molar-refractivity contribution >= 4 is 5.97 Å². The van der Waals surface area contributed by atoms with E-state index in [1.54, 1.807) is 0 Å². The lowest BCUT2D eigenvalue weighted by Gasteiger charge is -1.96. The van der Waals surface area contributed by atoms with Gasteiger partial charge in [0.1, 0.15) is 0 Å². The van der Waals surface area contributed by atoms with E-state index in [2.05, 4.69) is 0 Å². The minimum atomic E-state index is -0.756. The van der Waals surface area contributed by atoms with E-state index in [1.165, 1.54) is 0 Å². The van der Waals surface area contributed by atoms with Crippen LogP contribution in [0.4, 0.5) is 0 Å². The van der Waals surface area contributed by atoms with Gasteiger partial charge < -0.3 is 5.11 Å². The molecule has 0 bridgehead atoms. The van der Waals surface area contributed by atoms with Gasteiger partial charge in [0.2, 0.25) is 0 Å². The highest BCUT2D eigenvalue weighted by molar-refractivity contribution is 5.69. The summed E-state index contributed by atoms with van der Waals surface area (Å²) in [6, 6.07) is 0. The van der Waals surface area contributed by atoms with Crippen molar-refractivity contribution in [2.24, 2.45) is 0 Å². The maximum Gasteiger partial charge on any atom is 0.307 e. The normalized spacial score (nSPS) is 8.78. The number of aliphatic carboxylic acids is 1. The summed E-state index contributed by atoms with van der Waals surface area (Å²) in [6.45, 7) is 5.67. The minimum absolute atomic E-state index is 0.169. The Hall–Kier alpha value is -0.790. The minimum Gasteiger partial charge on any atom is -0.481 e. The van der Waals surface area contributed by atoms with Gasteiger partial charge in [-0.1, -0.05) is 11.1 Å². The Morgan fingerprint density at radius 3 is 1.89 bits per heavy atom. The van der Waals surface area contributed by atoms with Crippen molar-refractivity contribution in [3.63, 3.8) is 0 Å². The van der Waals surface area contributed by atoms with Gasteiger partial charge in [0.25, 0.3) is 0 Å². The number of hydrogen-bond acceptors (Lipinski definition) is 1. The number of hydrogen-bond donors (Lipinski definition) is 1. The lowest BCUT2D eigenvalue weighted by molar-refractivity contribution is -0.136. The monoisotopic (exact) mass is 128 g/mol. The van der Waals surface area contributed by atoms with Crippen molar-refractivity contribution in [2.75, 3.05) is 0 Å². The third-order valence-electron chi connectivity index (χ3n) is 1.27. The second kappa shape index (κ2) is 3.28. The molecule has 0 spiro atoms. The Balaban J connectivity index is 3.92. The van der Waals surface area contributed by atoms with Crippen LogP contribution in [0.1, 0.15) is 27.2 Å². The number of allylic oxidation sites excluding steroid dienone is 1. The first kappa shape index (κ1) is 8.21. The van der Waals surface area contributed by atoms with Gasteiger partial charge in [0.05, 0.1) is 6.42 Å². The molecule has 0 unspecified atom stereocenters. The summed E-state index contributed by atoms with van der Waals surface area (Å²) in [5.41, 5.74) is 2.04. The quantitative estimate of drug-likeness (QED) is 0.576. The summed E-state index contributed by atoms with van der Waals surface area (Å²) in [6.07, 6.45) is 0.169. The lowest BCUT2D eigenvalue weighted by atomic mass is 10.1. The summed E-state index contributed by atoms with van der Waals surface area (Å²) >= 11 is 0. The standard InChI is InChI=1S/C7H12O2/c1-5(2)6(3)4-7(8)9/h4H2,1-3H3,(H,8,9). The van der Waals surface area contributed by atoms with Crippen molar-refractivity contribution in [3.05, 3.63) is 11.1 Å². The van der Waals surface area contributed by atoms with Gasteiger partial charge in [0, 0.05) is 0 Å². The van der Waals surface area contributed by atoms with Crippen LogP contribution in [0.2, 0.25) is 0 Å². The van der Waals surface area contributed by atoms with Crippen molar-refractivity contribution in [1.29, 1.82) is 0 Å². The average Bonchev–Trinajstić information content (AvgIpc) is 1.63. The van der Waals surface area contributed by atoms with Crippen molar-refractivity contribution in [2.45, 2.75) is 27.2 Å². The van der Waals surface area contributed by atoms with Gasteiger partial charge >= 0.3 is 5.97 Å². The van der Waals surface area contributed by atoms with Gasteiger partial charge in [-0.05, 0) is 20.8 Å². The van der Waals surface area contributed by atoms with Crippen molar-refractivity contribution in [3.8, 4) is 0 Å². The molecule has 1 N–H and O–H groups in total. The van der Waals surface area contributed by atoms with Crippen LogP contribution in [0.15, 0.2) is 11.1 Å². The smallest absolute Gasteiger partial charge is 0.307 e. The highest BCUT2D eigenvalue weighted by Gasteiger charge is 1.98. The second-order valence-electron chi connectivity index (χ2n) is 2.35. The molecular weight excluding hydrogens is 116 g/mol. The van der Waals surface area contributed by atoms with Crippen molar-refractivity contribution < 1.29 is 9.90 Å². The Labute approximate surface area is 55.2 Å². The fraction of sp³-hybridized carbons (Fsp3) is 0.571. The van der Waals surface area contributed by atoms with Gasteiger partial charge in [-0.15, -0.1) is 0 Å². The summed E-state index contributed by atoms with van der Waals surface area (Å²) < 4.78 is 0. The van der Waals surface area contributed by atoms with E-state index in [4.69, 9.17) is 5.11 Å². The maximum absolute atomic E-state index is 10.1. The molecule has 0 saturated heterocycles. The molecule has 2 nitrogen and oxygen atoms in total. The van der Waals surface area contributed by atoms with Crippen LogP contribution in [-0.2, 0) is 4.79 Å². The van der Waals surface area contributed by atoms with Gasteiger partial charge in [-0.2, -0.15) is 0 Å². The van der Waals surface area contributed by atoms with E-state index < -0.39 is 5.97 Å². The predicted molar refractivity (Wildman–Crippen MR) is 36.3 cm³/mol. The lowest BCUT2D eigenvalue weighted by Crippen LogP contribution is -1.95. The third-order valence-corrected chi connectivity index (χ3v) is 1.27. The molecule has 0 aromatic heterocycles. The molecule has 0 rings (SSSR count). The highest BCUT2D eigenvalue weighted by atomic mass is 16.4. The molecule has 0 aliphatic rings. The molecule has 0 atom stereocenters. The van der Waals surface area contributed by atoms with E-state index in [0.29, 0.717) is 0 Å². The zero-order valence-electron chi connectivity index (χ0n) is 6.06. The molecule has 52 valence electrons. The molecular formula is C7H12O2. The average molecular weight is 128 g/mol. The maximum atomic E-state index is 10.1. The summed E-state index contributed by atoms with van der Waals surface area (Å²) in [4.78, 5) is 10.1. The molecule has 0 heterocycles. The molecule has 0 aromatic carbocycles. The summed E-state index contributed by atoms with van der Waals surface area (Å²) in [5.74, 6) is -0.756. The largest absolute Gasteiger partial charge is 0.481 e. The SMILES string of the molecule is CC(C)=C(C)CC(=O)O. The number of rotatable bonds is 2. The van der Waals surface area contributed by atoms with Gasteiger partial charge in [0.15, 0.2) is 0 Å². The van der Waals surface area contributed by atoms with E-state index in [0.717, 1.165) is 11.1 Å². The first-order valence-electron chi connectivity index (χ1n) is 2.88. The Bertz CT molecular complexity index is 141. The van der Waals surface area contributed by atoms with Crippen LogP contribution in [-0.4, -0.2) is 11.1 Å². The van der Waals surface area contributed by atoms with Gasteiger partial charge in [-0.25, -0.2) is 0 Å². The molecule has 0 saturated carbocycles. The van der Waals surface area contributed by atoms with E-state index >= 15 is 0 Å². The van der Waals surface area contributed by atoms with Gasteiger partial charge in [-0.3, -0.25) is 4.79 Å². The van der Waals surface area contributed by atoms with Crippen LogP contribution >= 0.6 is 0 Å². The topological polar surface area (TPSA) is 37.3 Å². The van der Waals surface area contributed by atoms with Crippen LogP contribution in [0.5, 0.6) is 0 Å². The van der Waals surface area contributed by atoms with Crippen LogP contribution in [0.25, 0.3) is 0 Å². The Morgan fingerprint density at radius 2 is 1.78 bits per heavy atom. The Kier molecular flexibility index (Phi) is 2.99. The fourth-order valence-electron chi connectivity index (χ4n) is 0.404. The van der Waals surface area contributed by atoms with Crippen molar-refractivity contribution in [1.82, 2.24) is 0 Å². The fourth-order valence-corrected chi connectivity index (χ4v) is 0.404. The third kappa shape index (κ3) is 3.76.